The van der Waals surface area contributed by atoms with E-state index in [4.69, 9.17) is 9.52 Å². The molecule has 0 bridgehead atoms. The van der Waals surface area contributed by atoms with Gasteiger partial charge in [0.15, 0.2) is 5.96 Å². The first-order valence-corrected chi connectivity index (χ1v) is 10.2. The van der Waals surface area contributed by atoms with Crippen LogP contribution in [0.1, 0.15) is 63.5 Å². The number of nitrogens with zero attached hydrogens (tertiary/aromatic N) is 3. The van der Waals surface area contributed by atoms with E-state index in [2.05, 4.69) is 29.6 Å². The molecule has 0 aliphatic heterocycles. The number of rotatable bonds is 8. The smallest absolute Gasteiger partial charge is 0.230 e. The van der Waals surface area contributed by atoms with E-state index in [-0.39, 0.29) is 11.3 Å². The van der Waals surface area contributed by atoms with Crippen LogP contribution in [0.15, 0.2) is 9.52 Å². The minimum Gasteiger partial charge on any atom is -0.361 e. The Morgan fingerprint density at radius 2 is 1.89 bits per heavy atom. The summed E-state index contributed by atoms with van der Waals surface area (Å²) >= 11 is 0. The third kappa shape index (κ3) is 5.02. The van der Waals surface area contributed by atoms with Crippen molar-refractivity contribution in [3.63, 3.8) is 0 Å². The van der Waals surface area contributed by atoms with Gasteiger partial charge in [0.1, 0.15) is 5.76 Å². The molecule has 1 aromatic heterocycles. The molecule has 2 N–H and O–H groups in total. The number of amides is 1. The van der Waals surface area contributed by atoms with Crippen LogP contribution in [-0.4, -0.2) is 49.1 Å². The van der Waals surface area contributed by atoms with Crippen molar-refractivity contribution in [2.75, 3.05) is 27.2 Å². The monoisotopic (exact) mass is 377 g/mol. The second kappa shape index (κ2) is 9.76. The summed E-state index contributed by atoms with van der Waals surface area (Å²) in [5.74, 6) is 1.85. The largest absolute Gasteiger partial charge is 0.361 e. The molecule has 152 valence electrons. The lowest BCUT2D eigenvalue weighted by Gasteiger charge is -2.31. The second-order valence-corrected chi connectivity index (χ2v) is 7.47. The number of aryl methyl sites for hydroxylation is 2. The Bertz CT molecular complexity index is 623. The van der Waals surface area contributed by atoms with Crippen molar-refractivity contribution in [2.24, 2.45) is 10.4 Å². The molecule has 27 heavy (non-hydrogen) atoms. The highest BCUT2D eigenvalue weighted by atomic mass is 16.5. The van der Waals surface area contributed by atoms with E-state index in [0.29, 0.717) is 13.1 Å². The average molecular weight is 378 g/mol. The van der Waals surface area contributed by atoms with Gasteiger partial charge in [-0.1, -0.05) is 31.8 Å². The van der Waals surface area contributed by atoms with Crippen molar-refractivity contribution >= 4 is 11.9 Å². The minimum atomic E-state index is -0.319. The van der Waals surface area contributed by atoms with Crippen molar-refractivity contribution in [1.29, 1.82) is 0 Å². The number of nitrogens with one attached hydrogen (secondary N) is 2. The van der Waals surface area contributed by atoms with Gasteiger partial charge in [-0.2, -0.15) is 0 Å². The van der Waals surface area contributed by atoms with E-state index < -0.39 is 0 Å². The zero-order valence-electron chi connectivity index (χ0n) is 17.5. The molecule has 1 aliphatic carbocycles. The molecule has 0 saturated heterocycles. The topological polar surface area (TPSA) is 82.8 Å². The number of guanidine groups is 1. The molecule has 1 aliphatic rings. The zero-order chi connectivity index (χ0) is 19.9. The van der Waals surface area contributed by atoms with Crippen LogP contribution in [0, 0.1) is 5.41 Å². The van der Waals surface area contributed by atoms with Gasteiger partial charge in [0.05, 0.1) is 17.7 Å². The molecule has 0 unspecified atom stereocenters. The van der Waals surface area contributed by atoms with E-state index in [1.54, 1.807) is 4.90 Å². The maximum Gasteiger partial charge on any atom is 0.230 e. The molecule has 0 atom stereocenters. The predicted octanol–water partition coefficient (Wildman–Crippen LogP) is 2.50. The normalized spacial score (nSPS) is 16.4. The van der Waals surface area contributed by atoms with Crippen molar-refractivity contribution < 1.29 is 9.32 Å². The molecule has 0 aromatic carbocycles. The first-order chi connectivity index (χ1) is 13.0. The van der Waals surface area contributed by atoms with Gasteiger partial charge in [-0.25, -0.2) is 4.99 Å². The molecule has 1 aromatic rings. The van der Waals surface area contributed by atoms with Gasteiger partial charge in [-0.15, -0.1) is 0 Å². The molecular weight excluding hydrogens is 342 g/mol. The van der Waals surface area contributed by atoms with Gasteiger partial charge in [0.2, 0.25) is 5.91 Å². The van der Waals surface area contributed by atoms with Crippen LogP contribution in [0.4, 0.5) is 0 Å². The first-order valence-electron chi connectivity index (χ1n) is 10.2. The van der Waals surface area contributed by atoms with E-state index in [9.17, 15) is 4.79 Å². The van der Waals surface area contributed by atoms with Crippen molar-refractivity contribution in [2.45, 2.75) is 65.8 Å². The predicted molar refractivity (Wildman–Crippen MR) is 108 cm³/mol. The van der Waals surface area contributed by atoms with Gasteiger partial charge in [0, 0.05) is 39.2 Å². The summed E-state index contributed by atoms with van der Waals surface area (Å²) in [7, 11) is 3.68. The Kier molecular flexibility index (Phi) is 7.68. The van der Waals surface area contributed by atoms with Crippen LogP contribution in [-0.2, 0) is 24.2 Å². The molecule has 1 heterocycles. The van der Waals surface area contributed by atoms with E-state index in [1.807, 2.05) is 21.0 Å². The lowest BCUT2D eigenvalue weighted by molar-refractivity contribution is -0.138. The number of aromatic nitrogens is 1. The van der Waals surface area contributed by atoms with Gasteiger partial charge >= 0.3 is 0 Å². The average Bonchev–Trinajstić information content (AvgIpc) is 3.30. The van der Waals surface area contributed by atoms with E-state index in [1.165, 1.54) is 0 Å². The van der Waals surface area contributed by atoms with Gasteiger partial charge in [-0.05, 0) is 26.2 Å². The Labute approximate surface area is 163 Å². The first kappa shape index (κ1) is 21.3. The molecule has 1 amide bonds. The Morgan fingerprint density at radius 3 is 2.44 bits per heavy atom. The number of hydrogen-bond acceptors (Lipinski definition) is 4. The molecule has 0 spiro atoms. The third-order valence-electron chi connectivity index (χ3n) is 5.36. The second-order valence-electron chi connectivity index (χ2n) is 7.47. The highest BCUT2D eigenvalue weighted by molar-refractivity contribution is 5.85. The Morgan fingerprint density at radius 1 is 1.19 bits per heavy atom. The van der Waals surface area contributed by atoms with Crippen molar-refractivity contribution in [3.05, 3.63) is 17.0 Å². The summed E-state index contributed by atoms with van der Waals surface area (Å²) in [6.45, 7) is 8.09. The highest BCUT2D eigenvalue weighted by Gasteiger charge is 2.42. The van der Waals surface area contributed by atoms with Crippen LogP contribution in [0.5, 0.6) is 0 Å². The molecule has 7 nitrogen and oxygen atoms in total. The third-order valence-corrected chi connectivity index (χ3v) is 5.36. The van der Waals surface area contributed by atoms with Crippen LogP contribution < -0.4 is 10.6 Å². The molecule has 1 fully saturated rings. The molecule has 1 saturated carbocycles. The lowest BCUT2D eigenvalue weighted by Crippen LogP contribution is -2.49. The van der Waals surface area contributed by atoms with Crippen molar-refractivity contribution in [3.8, 4) is 0 Å². The molecule has 0 radical (unpaired) electrons. The Hall–Kier alpha value is -2.05. The number of hydrogen-bond donors (Lipinski definition) is 2. The van der Waals surface area contributed by atoms with Gasteiger partial charge in [0.25, 0.3) is 0 Å². The molecule has 7 heteroatoms. The summed E-state index contributed by atoms with van der Waals surface area (Å²) in [5.41, 5.74) is 1.73. The van der Waals surface area contributed by atoms with Crippen molar-refractivity contribution in [1.82, 2.24) is 20.7 Å². The summed E-state index contributed by atoms with van der Waals surface area (Å²) in [5, 5.41) is 10.9. The summed E-state index contributed by atoms with van der Waals surface area (Å²) in [6, 6.07) is 0. The summed E-state index contributed by atoms with van der Waals surface area (Å²) < 4.78 is 5.43. The van der Waals surface area contributed by atoms with Crippen LogP contribution in [0.3, 0.4) is 0 Å². The Balaban J connectivity index is 2.12. The number of carbonyl (C=O) groups excluding carboxylic acids is 1. The summed E-state index contributed by atoms with van der Waals surface area (Å²) in [4.78, 5) is 19.2. The van der Waals surface area contributed by atoms with E-state index in [0.717, 1.165) is 68.0 Å². The number of carbonyl (C=O) groups is 1. The fraction of sp³-hybridized carbons (Fsp3) is 0.750. The highest BCUT2D eigenvalue weighted by Crippen LogP contribution is 2.38. The SMILES string of the molecule is CCNC(=NCc1c(CC)noc1CC)NCC1(C(=O)N(C)C)CCCC1. The maximum absolute atomic E-state index is 12.8. The zero-order valence-corrected chi connectivity index (χ0v) is 17.5. The number of aliphatic imine (C=N–C) groups is 1. The molecular formula is C20H35N5O2. The molecule has 2 rings (SSSR count). The minimum absolute atomic E-state index is 0.212. The maximum atomic E-state index is 12.8. The van der Waals surface area contributed by atoms with E-state index >= 15 is 0 Å². The van der Waals surface area contributed by atoms with Crippen LogP contribution in [0.25, 0.3) is 0 Å². The summed E-state index contributed by atoms with van der Waals surface area (Å²) in [6.07, 6.45) is 5.72. The van der Waals surface area contributed by atoms with Gasteiger partial charge < -0.3 is 20.1 Å². The standard InChI is InChI=1S/C20H35N5O2/c1-6-16-15(17(7-2)27-24-16)13-22-19(21-8-3)23-14-20(11-9-10-12-20)18(26)25(4)5/h6-14H2,1-5H3,(H2,21,22,23). The lowest BCUT2D eigenvalue weighted by atomic mass is 9.84. The fourth-order valence-electron chi connectivity index (χ4n) is 3.86. The van der Waals surface area contributed by atoms with Crippen LogP contribution >= 0.6 is 0 Å². The van der Waals surface area contributed by atoms with Gasteiger partial charge in [-0.3, -0.25) is 4.79 Å². The fourth-order valence-corrected chi connectivity index (χ4v) is 3.86. The quantitative estimate of drug-likeness (QED) is 0.537. The van der Waals surface area contributed by atoms with Crippen LogP contribution in [0.2, 0.25) is 0 Å².